The lowest BCUT2D eigenvalue weighted by atomic mass is 9.86. The number of para-hydroxylation sites is 2. The van der Waals surface area contributed by atoms with Crippen LogP contribution in [0.5, 0.6) is 34.5 Å². The molecule has 14 heteroatoms. The molecule has 84 heavy (non-hydrogen) atoms. The number of aliphatic imine (C=N–C) groups is 1. The number of nitrogens with two attached hydrogens (primary N) is 1. The average Bonchev–Trinajstić information content (AvgIpc) is 3.36. The first-order chi connectivity index (χ1) is 39.6. The van der Waals surface area contributed by atoms with E-state index in [2.05, 4.69) is 51.9 Å². The number of nitrogens with one attached hydrogen (secondary N) is 1. The van der Waals surface area contributed by atoms with Gasteiger partial charge >= 0.3 is 11.9 Å². The van der Waals surface area contributed by atoms with Crippen LogP contribution in [0.4, 0.5) is 17.1 Å². The van der Waals surface area contributed by atoms with Crippen LogP contribution in [0.1, 0.15) is 110 Å². The van der Waals surface area contributed by atoms with Gasteiger partial charge in [-0.3, -0.25) is 4.79 Å². The third-order valence-corrected chi connectivity index (χ3v) is 13.1. The second-order valence-electron chi connectivity index (χ2n) is 21.7. The normalized spacial score (nSPS) is 11.5. The van der Waals surface area contributed by atoms with Crippen LogP contribution in [-0.2, 0) is 31.6 Å². The first-order valence-corrected chi connectivity index (χ1v) is 27.1. The van der Waals surface area contributed by atoms with E-state index in [-0.39, 0.29) is 47.5 Å². The van der Waals surface area contributed by atoms with E-state index in [1.54, 1.807) is 72.8 Å². The molecule has 1 aliphatic heterocycles. The maximum absolute atomic E-state index is 13.1. The van der Waals surface area contributed by atoms with Crippen molar-refractivity contribution in [2.45, 2.75) is 92.9 Å². The number of isocyanates is 1. The molecule has 5 N–H and O–H groups in total. The summed E-state index contributed by atoms with van der Waals surface area (Å²) in [6, 6.07) is 51.8. The zero-order chi connectivity index (χ0) is 60.3. The van der Waals surface area contributed by atoms with E-state index in [1.807, 2.05) is 111 Å². The lowest BCUT2D eigenvalue weighted by Crippen LogP contribution is -2.15. The molecule has 0 saturated carbocycles. The number of amides is 1. The summed E-state index contributed by atoms with van der Waals surface area (Å²) in [7, 11) is 2.88. The molecule has 1 saturated heterocycles. The fraction of sp³-hybridized carbons (Fsp3) is 0.257. The van der Waals surface area contributed by atoms with Gasteiger partial charge in [-0.25, -0.2) is 14.4 Å². The van der Waals surface area contributed by atoms with Gasteiger partial charge in [-0.2, -0.15) is 4.99 Å². The number of carbonyl (C=O) groups excluding carboxylic acids is 2. The molecule has 0 aliphatic carbocycles. The minimum Gasteiger partial charge on any atom is -0.496 e. The van der Waals surface area contributed by atoms with Gasteiger partial charge in [0.1, 0.15) is 39.9 Å². The molecule has 0 atom stereocenters. The average molecular weight is 1140 g/mol. The summed E-state index contributed by atoms with van der Waals surface area (Å²) < 4.78 is 27.8. The summed E-state index contributed by atoms with van der Waals surface area (Å²) in [5.74, 6) is 0.767. The van der Waals surface area contributed by atoms with E-state index in [0.29, 0.717) is 45.6 Å². The van der Waals surface area contributed by atoms with Crippen LogP contribution in [0.15, 0.2) is 175 Å². The summed E-state index contributed by atoms with van der Waals surface area (Å²) in [4.78, 5) is 49.6. The van der Waals surface area contributed by atoms with Gasteiger partial charge in [0.05, 0.1) is 37.7 Å². The van der Waals surface area contributed by atoms with Gasteiger partial charge in [0, 0.05) is 24.3 Å². The third-order valence-electron chi connectivity index (χ3n) is 13.1. The standard InChI is InChI=1S/C33H33NO5.C24H25NO4.C8H7NO.C4H8O.CH4/c1-21-10-12-22(13-11-21)18-31(35)34-27-20-24(23-14-16-28(38-5)25(19-23)32(36)37)15-17-30(27)39-29-9-7-6-8-26(29)33(2,3)4;1-24(2,3)18-7-5-6-8-21(18)29-22-12-10-16(14-19(22)25)15-9-11-20(28-4)17(13-15)23(26)27;1-7-2-4-8(5-3-7)9-6-10;1-2-4-5-3-1;/h6-17,19-20H,18H2,1-5H3,(H,34,35)(H,36,37);5-14H,25H2,1-4H3,(H,26,27);2-5H,1H3;1-4H2;1H4. The van der Waals surface area contributed by atoms with Gasteiger partial charge in [0.15, 0.2) is 5.75 Å². The van der Waals surface area contributed by atoms with Gasteiger partial charge in [-0.15, -0.1) is 0 Å². The zero-order valence-corrected chi connectivity index (χ0v) is 48.8. The zero-order valence-electron chi connectivity index (χ0n) is 48.8. The van der Waals surface area contributed by atoms with Crippen molar-refractivity contribution in [2.24, 2.45) is 4.99 Å². The van der Waals surface area contributed by atoms with Crippen molar-refractivity contribution >= 4 is 41.0 Å². The Morgan fingerprint density at radius 1 is 0.560 bits per heavy atom. The SMILES string of the molecule is C.C1CCOC1.COc1ccc(-c2ccc(Oc3ccccc3C(C)(C)C)c(N)c2)cc1C(=O)O.COc1ccc(-c2ccc(Oc3ccccc3C(C)(C)C)c(NC(=O)Cc3ccc(C)cc3)c2)cc1C(=O)O.Cc1ccc(N=C=O)cc1. The van der Waals surface area contributed by atoms with E-state index in [1.165, 1.54) is 33.1 Å². The molecule has 1 amide bonds. The van der Waals surface area contributed by atoms with Crippen LogP contribution in [0.3, 0.4) is 0 Å². The van der Waals surface area contributed by atoms with E-state index in [0.717, 1.165) is 63.5 Å². The fourth-order valence-corrected chi connectivity index (χ4v) is 8.68. The topological polar surface area (TPSA) is 205 Å². The van der Waals surface area contributed by atoms with Crippen LogP contribution in [0.25, 0.3) is 22.3 Å². The monoisotopic (exact) mass is 1140 g/mol. The number of nitrogen functional groups attached to an aromatic ring is 1. The smallest absolute Gasteiger partial charge is 0.339 e. The summed E-state index contributed by atoms with van der Waals surface area (Å²) in [6.07, 6.45) is 4.24. The Kier molecular flexibility index (Phi) is 23.7. The maximum atomic E-state index is 13.1. The third kappa shape index (κ3) is 18.8. The predicted molar refractivity (Wildman–Crippen MR) is 335 cm³/mol. The number of aryl methyl sites for hydroxylation is 2. The van der Waals surface area contributed by atoms with E-state index in [9.17, 15) is 29.4 Å². The van der Waals surface area contributed by atoms with Crippen LogP contribution in [0, 0.1) is 13.8 Å². The Labute approximate surface area is 493 Å². The van der Waals surface area contributed by atoms with Gasteiger partial charge in [0.2, 0.25) is 12.0 Å². The van der Waals surface area contributed by atoms with Crippen molar-refractivity contribution in [1.29, 1.82) is 0 Å². The molecular weight excluding hydrogens is 1060 g/mol. The fourth-order valence-electron chi connectivity index (χ4n) is 8.68. The van der Waals surface area contributed by atoms with Crippen LogP contribution >= 0.6 is 0 Å². The minimum absolute atomic E-state index is 0. The highest BCUT2D eigenvalue weighted by Gasteiger charge is 2.23. The number of nitrogens with zero attached hydrogens (tertiary/aromatic N) is 1. The summed E-state index contributed by atoms with van der Waals surface area (Å²) in [6.45, 7) is 18.7. The molecule has 8 aromatic carbocycles. The molecule has 14 nitrogen and oxygen atoms in total. The minimum atomic E-state index is -1.08. The number of hydrogen-bond acceptors (Lipinski definition) is 11. The highest BCUT2D eigenvalue weighted by Crippen LogP contribution is 2.41. The van der Waals surface area contributed by atoms with Crippen molar-refractivity contribution in [3.05, 3.63) is 209 Å². The van der Waals surface area contributed by atoms with E-state index < -0.39 is 11.9 Å². The predicted octanol–water partition coefficient (Wildman–Crippen LogP) is 16.8. The number of hydrogen-bond donors (Lipinski definition) is 4. The van der Waals surface area contributed by atoms with Gasteiger partial charge in [-0.1, -0.05) is 157 Å². The summed E-state index contributed by atoms with van der Waals surface area (Å²) >= 11 is 0. The van der Waals surface area contributed by atoms with Crippen molar-refractivity contribution < 1.29 is 53.1 Å². The van der Waals surface area contributed by atoms with Gasteiger partial charge in [-0.05, 0) is 138 Å². The van der Waals surface area contributed by atoms with Gasteiger partial charge in [0.25, 0.3) is 0 Å². The first-order valence-electron chi connectivity index (χ1n) is 27.1. The largest absolute Gasteiger partial charge is 0.496 e. The summed E-state index contributed by atoms with van der Waals surface area (Å²) in [5, 5.41) is 22.1. The van der Waals surface area contributed by atoms with Crippen molar-refractivity contribution in [1.82, 2.24) is 0 Å². The highest BCUT2D eigenvalue weighted by molar-refractivity contribution is 5.96. The number of ether oxygens (including phenoxy) is 5. The molecule has 9 rings (SSSR count). The second-order valence-corrected chi connectivity index (χ2v) is 21.7. The molecule has 8 aromatic rings. The lowest BCUT2D eigenvalue weighted by Gasteiger charge is -2.23. The number of carboxylic acids is 2. The summed E-state index contributed by atoms with van der Waals surface area (Å²) in [5.41, 5.74) is 16.0. The lowest BCUT2D eigenvalue weighted by molar-refractivity contribution is -0.115. The quantitative estimate of drug-likeness (QED) is 0.0456. The number of rotatable bonds is 14. The molecular formula is C70H77N3O11. The molecule has 0 aromatic heterocycles. The molecule has 0 radical (unpaired) electrons. The Morgan fingerprint density at radius 2 is 0.976 bits per heavy atom. The number of carboxylic acid groups (broad SMARTS) is 2. The first kappa shape index (κ1) is 65.3. The Bertz CT molecular complexity index is 3540. The number of carbonyl (C=O) groups is 3. The van der Waals surface area contributed by atoms with E-state index in [4.69, 9.17) is 29.4 Å². The molecule has 1 heterocycles. The van der Waals surface area contributed by atoms with Crippen LogP contribution in [-0.4, -0.2) is 61.6 Å². The number of aromatic carboxylic acids is 2. The molecule has 0 spiro atoms. The number of benzene rings is 8. The van der Waals surface area contributed by atoms with E-state index >= 15 is 0 Å². The van der Waals surface area contributed by atoms with Gasteiger partial charge < -0.3 is 44.9 Å². The molecule has 0 bridgehead atoms. The maximum Gasteiger partial charge on any atom is 0.339 e. The number of methoxy groups -OCH3 is 2. The molecule has 438 valence electrons. The second kappa shape index (κ2) is 30.5. The van der Waals surface area contributed by atoms with Crippen molar-refractivity contribution in [3.63, 3.8) is 0 Å². The Balaban J connectivity index is 0.000000249. The molecule has 0 unspecified atom stereocenters. The number of anilines is 2. The highest BCUT2D eigenvalue weighted by atomic mass is 16.5. The van der Waals surface area contributed by atoms with Crippen LogP contribution in [0.2, 0.25) is 0 Å². The van der Waals surface area contributed by atoms with Crippen molar-refractivity contribution in [2.75, 3.05) is 38.5 Å². The molecule has 1 aliphatic rings. The molecule has 1 fully saturated rings. The Hall–Kier alpha value is -9.49. The van der Waals surface area contributed by atoms with Crippen LogP contribution < -0.4 is 30.0 Å². The van der Waals surface area contributed by atoms with Crippen molar-refractivity contribution in [3.8, 4) is 56.8 Å². The Morgan fingerprint density at radius 3 is 1.39 bits per heavy atom.